The van der Waals surface area contributed by atoms with E-state index in [1.54, 1.807) is 25.0 Å². The van der Waals surface area contributed by atoms with Gasteiger partial charge in [0.25, 0.3) is 0 Å². The van der Waals surface area contributed by atoms with Gasteiger partial charge in [-0.25, -0.2) is 0 Å². The van der Waals surface area contributed by atoms with Crippen molar-refractivity contribution in [3.63, 3.8) is 0 Å². The normalized spacial score (nSPS) is 16.1. The van der Waals surface area contributed by atoms with Crippen LogP contribution in [0, 0.1) is 0 Å². The van der Waals surface area contributed by atoms with Gasteiger partial charge in [0.05, 0.1) is 38.5 Å². The fourth-order valence-electron chi connectivity index (χ4n) is 4.17. The first-order valence-corrected chi connectivity index (χ1v) is 10.1. The standard InChI is InChI=1S/C23H25N3O4/c1-29-16-9-10-22(30-2)18(14-16)19-8-5-12-25(19)23(28)11-13-26-20-7-4-3-6-17(20)21(27)15-24-26/h3-4,6-7,9-10,14-15,19H,5,8,11-13H2,1-2H3/t19-/m0/s1. The maximum absolute atomic E-state index is 13.1. The zero-order chi connectivity index (χ0) is 21.1. The maximum atomic E-state index is 13.1. The van der Waals surface area contributed by atoms with Crippen LogP contribution in [0.3, 0.4) is 0 Å². The van der Waals surface area contributed by atoms with Gasteiger partial charge in [0.1, 0.15) is 11.5 Å². The number of rotatable bonds is 6. The summed E-state index contributed by atoms with van der Waals surface area (Å²) >= 11 is 0. The average molecular weight is 407 g/mol. The van der Waals surface area contributed by atoms with Crippen LogP contribution in [-0.2, 0) is 11.3 Å². The summed E-state index contributed by atoms with van der Waals surface area (Å²) in [6.45, 7) is 1.13. The molecule has 1 atom stereocenters. The Morgan fingerprint density at radius 2 is 2.00 bits per heavy atom. The van der Waals surface area contributed by atoms with Crippen LogP contribution in [-0.4, -0.2) is 41.4 Å². The molecular weight excluding hydrogens is 382 g/mol. The van der Waals surface area contributed by atoms with Crippen molar-refractivity contribution in [1.29, 1.82) is 0 Å². The molecule has 1 aliphatic rings. The fraction of sp³-hybridized carbons (Fsp3) is 0.348. The molecule has 0 N–H and O–H groups in total. The minimum atomic E-state index is -0.113. The van der Waals surface area contributed by atoms with E-state index in [4.69, 9.17) is 9.47 Å². The Labute approximate surface area is 174 Å². The predicted molar refractivity (Wildman–Crippen MR) is 114 cm³/mol. The molecule has 1 saturated heterocycles. The van der Waals surface area contributed by atoms with E-state index in [2.05, 4.69) is 5.10 Å². The molecule has 1 amide bonds. The van der Waals surface area contributed by atoms with Gasteiger partial charge in [-0.15, -0.1) is 0 Å². The molecule has 0 radical (unpaired) electrons. The largest absolute Gasteiger partial charge is 0.497 e. The molecule has 1 aromatic heterocycles. The topological polar surface area (TPSA) is 73.7 Å². The monoisotopic (exact) mass is 407 g/mol. The van der Waals surface area contributed by atoms with Gasteiger partial charge in [0.15, 0.2) is 0 Å². The summed E-state index contributed by atoms with van der Waals surface area (Å²) in [4.78, 5) is 27.0. The lowest BCUT2D eigenvalue weighted by atomic mass is 10.0. The van der Waals surface area contributed by atoms with Gasteiger partial charge in [0, 0.05) is 23.9 Å². The van der Waals surface area contributed by atoms with E-state index in [1.165, 1.54) is 6.20 Å². The highest BCUT2D eigenvalue weighted by molar-refractivity contribution is 5.79. The highest BCUT2D eigenvalue weighted by Crippen LogP contribution is 2.39. The molecule has 0 aliphatic carbocycles. The quantitative estimate of drug-likeness (QED) is 0.628. The number of carbonyl (C=O) groups is 1. The molecule has 2 aromatic carbocycles. The second-order valence-electron chi connectivity index (χ2n) is 7.35. The van der Waals surface area contributed by atoms with Crippen LogP contribution in [0.4, 0.5) is 0 Å². The molecule has 30 heavy (non-hydrogen) atoms. The molecule has 0 spiro atoms. The van der Waals surface area contributed by atoms with Gasteiger partial charge < -0.3 is 14.4 Å². The Bertz CT molecular complexity index is 1120. The van der Waals surface area contributed by atoms with E-state index in [0.29, 0.717) is 24.9 Å². The number of carbonyl (C=O) groups excluding carboxylic acids is 1. The molecule has 7 heteroatoms. The van der Waals surface area contributed by atoms with Crippen molar-refractivity contribution in [3.05, 3.63) is 64.4 Å². The zero-order valence-electron chi connectivity index (χ0n) is 17.2. The molecule has 3 aromatic rings. The molecule has 2 heterocycles. The second-order valence-corrected chi connectivity index (χ2v) is 7.35. The van der Waals surface area contributed by atoms with Crippen molar-refractivity contribution in [3.8, 4) is 11.5 Å². The van der Waals surface area contributed by atoms with E-state index < -0.39 is 0 Å². The van der Waals surface area contributed by atoms with Crippen LogP contribution in [0.25, 0.3) is 10.9 Å². The number of methoxy groups -OCH3 is 2. The number of aryl methyl sites for hydroxylation is 1. The molecule has 156 valence electrons. The van der Waals surface area contributed by atoms with Crippen LogP contribution < -0.4 is 14.9 Å². The lowest BCUT2D eigenvalue weighted by Gasteiger charge is -2.27. The van der Waals surface area contributed by atoms with Crippen molar-refractivity contribution in [2.45, 2.75) is 31.8 Å². The van der Waals surface area contributed by atoms with Crippen molar-refractivity contribution < 1.29 is 14.3 Å². The Kier molecular flexibility index (Phi) is 5.70. The number of amides is 1. The van der Waals surface area contributed by atoms with Crippen LogP contribution in [0.2, 0.25) is 0 Å². The van der Waals surface area contributed by atoms with E-state index in [-0.39, 0.29) is 17.4 Å². The summed E-state index contributed by atoms with van der Waals surface area (Å²) in [5.41, 5.74) is 1.60. The van der Waals surface area contributed by atoms with Crippen LogP contribution in [0.15, 0.2) is 53.5 Å². The average Bonchev–Trinajstić information content (AvgIpc) is 3.28. The first kappa shape index (κ1) is 19.9. The van der Waals surface area contributed by atoms with Crippen molar-refractivity contribution >= 4 is 16.8 Å². The number of hydrogen-bond donors (Lipinski definition) is 0. The van der Waals surface area contributed by atoms with Gasteiger partial charge in [-0.05, 0) is 43.2 Å². The molecule has 4 rings (SSSR count). The van der Waals surface area contributed by atoms with E-state index in [9.17, 15) is 9.59 Å². The number of nitrogens with zero attached hydrogens (tertiary/aromatic N) is 3. The molecule has 0 unspecified atom stereocenters. The van der Waals surface area contributed by atoms with Gasteiger partial charge in [-0.2, -0.15) is 5.10 Å². The first-order valence-electron chi connectivity index (χ1n) is 10.1. The number of fused-ring (bicyclic) bond motifs is 1. The summed E-state index contributed by atoms with van der Waals surface area (Å²) in [6, 6.07) is 13.0. The summed E-state index contributed by atoms with van der Waals surface area (Å²) in [6.07, 6.45) is 3.44. The van der Waals surface area contributed by atoms with E-state index in [0.717, 1.165) is 35.4 Å². The fourth-order valence-corrected chi connectivity index (χ4v) is 4.17. The molecular formula is C23H25N3O4. The van der Waals surface area contributed by atoms with E-state index >= 15 is 0 Å². The highest BCUT2D eigenvalue weighted by atomic mass is 16.5. The highest BCUT2D eigenvalue weighted by Gasteiger charge is 2.32. The van der Waals surface area contributed by atoms with Gasteiger partial charge in [0.2, 0.25) is 11.3 Å². The number of hydrogen-bond acceptors (Lipinski definition) is 5. The summed E-state index contributed by atoms with van der Waals surface area (Å²) in [7, 11) is 3.27. The number of likely N-dealkylation sites (tertiary alicyclic amines) is 1. The maximum Gasteiger partial charge on any atom is 0.224 e. The SMILES string of the molecule is COc1ccc(OC)c([C@@H]2CCCN2C(=O)CCn2ncc(=O)c3ccccc32)c1. The minimum absolute atomic E-state index is 0.0405. The Hall–Kier alpha value is -3.35. The predicted octanol–water partition coefficient (Wildman–Crippen LogP) is 3.17. The van der Waals surface area contributed by atoms with Crippen molar-refractivity contribution in [2.24, 2.45) is 0 Å². The third-order valence-corrected chi connectivity index (χ3v) is 5.67. The van der Waals surface area contributed by atoms with Gasteiger partial charge in [-0.1, -0.05) is 12.1 Å². The number of para-hydroxylation sites is 1. The molecule has 0 bridgehead atoms. The number of aromatic nitrogens is 2. The Balaban J connectivity index is 1.54. The van der Waals surface area contributed by atoms with Crippen molar-refractivity contribution in [2.75, 3.05) is 20.8 Å². The third-order valence-electron chi connectivity index (χ3n) is 5.67. The summed E-state index contributed by atoms with van der Waals surface area (Å²) < 4.78 is 12.6. The Morgan fingerprint density at radius 3 is 2.80 bits per heavy atom. The zero-order valence-corrected chi connectivity index (χ0v) is 17.2. The van der Waals surface area contributed by atoms with Gasteiger partial charge >= 0.3 is 0 Å². The molecule has 1 fully saturated rings. The van der Waals surface area contributed by atoms with Crippen LogP contribution in [0.1, 0.15) is 30.9 Å². The molecule has 7 nitrogen and oxygen atoms in total. The van der Waals surface area contributed by atoms with Crippen LogP contribution in [0.5, 0.6) is 11.5 Å². The molecule has 1 aliphatic heterocycles. The van der Waals surface area contributed by atoms with Gasteiger partial charge in [-0.3, -0.25) is 14.3 Å². The van der Waals surface area contributed by atoms with Crippen molar-refractivity contribution in [1.82, 2.24) is 14.7 Å². The second kappa shape index (κ2) is 8.57. The third kappa shape index (κ3) is 3.75. The Morgan fingerprint density at radius 1 is 1.17 bits per heavy atom. The number of ether oxygens (including phenoxy) is 2. The number of benzene rings is 2. The summed E-state index contributed by atoms with van der Waals surface area (Å²) in [5.74, 6) is 1.56. The summed E-state index contributed by atoms with van der Waals surface area (Å²) in [5, 5.41) is 4.84. The first-order chi connectivity index (χ1) is 14.6. The molecule has 0 saturated carbocycles. The van der Waals surface area contributed by atoms with Crippen LogP contribution >= 0.6 is 0 Å². The van der Waals surface area contributed by atoms with E-state index in [1.807, 2.05) is 41.3 Å². The lowest BCUT2D eigenvalue weighted by molar-refractivity contribution is -0.132. The minimum Gasteiger partial charge on any atom is -0.497 e. The smallest absolute Gasteiger partial charge is 0.224 e. The lowest BCUT2D eigenvalue weighted by Crippen LogP contribution is -2.31.